The minimum absolute atomic E-state index is 0.232. The Morgan fingerprint density at radius 2 is 1.58 bits per heavy atom. The smallest absolute Gasteiger partial charge is 0.460 e. The molecular weight excluding hydrogens is 871 g/mol. The first-order chi connectivity index (χ1) is 27.0. The van der Waals surface area contributed by atoms with Crippen LogP contribution in [0.15, 0.2) is 47.3 Å². The van der Waals surface area contributed by atoms with Gasteiger partial charge in [-0.3, -0.25) is 18.8 Å². The van der Waals surface area contributed by atoms with E-state index in [0.717, 1.165) is 35.9 Å². The third-order valence-electron chi connectivity index (χ3n) is 8.26. The van der Waals surface area contributed by atoms with Crippen molar-refractivity contribution in [3.63, 3.8) is 0 Å². The third kappa shape index (κ3) is 8.13. The van der Waals surface area contributed by atoms with Crippen molar-refractivity contribution in [1.82, 2.24) is 29.6 Å². The van der Waals surface area contributed by atoms with E-state index < -0.39 is 111 Å². The van der Waals surface area contributed by atoms with E-state index in [0.29, 0.717) is 29.0 Å². The zero-order chi connectivity index (χ0) is 44.4. The summed E-state index contributed by atoms with van der Waals surface area (Å²) in [6.07, 6.45) is -9.03. The molecule has 0 spiro atoms. The van der Waals surface area contributed by atoms with E-state index in [-0.39, 0.29) is 31.5 Å². The number of fused-ring (bicyclic) bond motifs is 2. The fraction of sp³-hybridized carbons (Fsp3) is 0.312. The van der Waals surface area contributed by atoms with Crippen LogP contribution in [0.25, 0.3) is 27.6 Å². The summed E-state index contributed by atoms with van der Waals surface area (Å²) in [5, 5.41) is 14.7. The lowest BCUT2D eigenvalue weighted by Gasteiger charge is -2.33. The fourth-order valence-corrected chi connectivity index (χ4v) is 6.94. The number of amides is 2. The summed E-state index contributed by atoms with van der Waals surface area (Å²) >= 11 is 6.46. The Labute approximate surface area is 326 Å². The molecule has 59 heavy (non-hydrogen) atoms. The highest BCUT2D eigenvalue weighted by atomic mass is 35.5. The van der Waals surface area contributed by atoms with Gasteiger partial charge in [-0.1, -0.05) is 11.6 Å². The molecule has 0 fully saturated rings. The van der Waals surface area contributed by atoms with Crippen LogP contribution in [-0.4, -0.2) is 86.6 Å². The van der Waals surface area contributed by atoms with E-state index in [1.165, 1.54) is 7.05 Å². The van der Waals surface area contributed by atoms with Gasteiger partial charge in [0.05, 0.1) is 39.3 Å². The molecular formula is C32H23ClF11N7O7S. The van der Waals surface area contributed by atoms with Crippen LogP contribution < -0.4 is 19.9 Å². The maximum Gasteiger partial charge on any atom is 0.460 e. The van der Waals surface area contributed by atoms with Crippen LogP contribution >= 0.6 is 11.6 Å². The molecule has 1 atom stereocenters. The number of alkyl halides is 9. The largest absolute Gasteiger partial charge is 0.471 e. The minimum atomic E-state index is -7.24. The van der Waals surface area contributed by atoms with E-state index in [1.807, 2.05) is 5.32 Å². The molecule has 0 aliphatic carbocycles. The summed E-state index contributed by atoms with van der Waals surface area (Å²) in [6, 6.07) is 3.60. The highest BCUT2D eigenvalue weighted by molar-refractivity contribution is 7.92. The number of ether oxygens (including phenoxy) is 1. The number of halogens is 12. The minimum Gasteiger partial charge on any atom is -0.471 e. The van der Waals surface area contributed by atoms with E-state index in [4.69, 9.17) is 11.6 Å². The topological polar surface area (TPSA) is 179 Å². The molecule has 0 saturated heterocycles. The Balaban J connectivity index is 1.79. The van der Waals surface area contributed by atoms with Crippen molar-refractivity contribution < 1.29 is 76.1 Å². The number of pyridine rings is 1. The average Bonchev–Trinajstić information content (AvgIpc) is 3.42. The van der Waals surface area contributed by atoms with Crippen molar-refractivity contribution in [2.45, 2.75) is 43.3 Å². The number of hydrogen-bond donors (Lipinski definition) is 2. The van der Waals surface area contributed by atoms with Crippen LogP contribution in [0.2, 0.25) is 5.02 Å². The predicted octanol–water partition coefficient (Wildman–Crippen LogP) is 6.31. The zero-order valence-corrected chi connectivity index (χ0v) is 31.1. The number of carboxylic acid groups (broad SMARTS) is 1. The molecule has 0 bridgehead atoms. The Morgan fingerprint density at radius 1 is 0.966 bits per heavy atom. The zero-order valence-electron chi connectivity index (χ0n) is 29.6. The molecule has 0 saturated carbocycles. The van der Waals surface area contributed by atoms with E-state index in [2.05, 4.69) is 19.8 Å². The summed E-state index contributed by atoms with van der Waals surface area (Å²) in [7, 11) is -3.20. The van der Waals surface area contributed by atoms with Gasteiger partial charge in [0.2, 0.25) is 21.8 Å². The monoisotopic (exact) mass is 893 g/mol. The number of anilines is 1. The molecule has 5 aromatic rings. The molecule has 3 aromatic heterocycles. The van der Waals surface area contributed by atoms with Crippen molar-refractivity contribution in [2.24, 2.45) is 7.05 Å². The molecule has 27 heteroatoms. The van der Waals surface area contributed by atoms with Crippen molar-refractivity contribution in [3.05, 3.63) is 80.9 Å². The number of carbonyl (C=O) groups is 2. The van der Waals surface area contributed by atoms with Crippen LogP contribution in [0.5, 0.6) is 5.88 Å². The lowest BCUT2D eigenvalue weighted by atomic mass is 10.0. The number of rotatable bonds is 12. The van der Waals surface area contributed by atoms with Crippen molar-refractivity contribution >= 4 is 61.4 Å². The molecule has 2 N–H and O–H groups in total. The molecule has 2 amide bonds. The van der Waals surface area contributed by atoms with Crippen molar-refractivity contribution in [3.8, 4) is 11.6 Å². The lowest BCUT2D eigenvalue weighted by molar-refractivity contribution is -0.398. The second-order valence-corrected chi connectivity index (χ2v) is 14.8. The number of carbonyl (C=O) groups excluding carboxylic acids is 1. The van der Waals surface area contributed by atoms with Gasteiger partial charge >= 0.3 is 30.0 Å². The Kier molecular flexibility index (Phi) is 11.3. The average molecular weight is 894 g/mol. The van der Waals surface area contributed by atoms with E-state index in [9.17, 15) is 76.2 Å². The molecule has 2 aromatic carbocycles. The molecule has 318 valence electrons. The first-order valence-corrected chi connectivity index (χ1v) is 18.1. The number of hydrogen-bond acceptors (Lipinski definition) is 9. The molecule has 0 aliphatic heterocycles. The van der Waals surface area contributed by atoms with E-state index in [1.54, 1.807) is 0 Å². The van der Waals surface area contributed by atoms with Gasteiger partial charge in [0, 0.05) is 32.5 Å². The van der Waals surface area contributed by atoms with Crippen molar-refractivity contribution in [2.75, 3.05) is 17.2 Å². The SMILES string of the molecule is CC(=O)N(c1nn(C)c2c(-n3c(C(Cc4cc(F)cc(F)c4)NC(=O)O)nc4nc(OCC(F)(F)C(F)(F)C(F)(F)C(F)(F)F)ccc4c3=O)ccc(Cl)c12)S(C)(=O)=O. The fourth-order valence-electron chi connectivity index (χ4n) is 5.80. The normalized spacial score (nSPS) is 13.5. The summed E-state index contributed by atoms with van der Waals surface area (Å²) in [4.78, 5) is 46.8. The first kappa shape index (κ1) is 44.3. The number of aryl methyl sites for hydroxylation is 1. The number of aromatic nitrogens is 5. The van der Waals surface area contributed by atoms with Gasteiger partial charge < -0.3 is 15.2 Å². The van der Waals surface area contributed by atoms with Gasteiger partial charge in [0.25, 0.3) is 5.56 Å². The molecule has 0 radical (unpaired) electrons. The molecule has 5 rings (SSSR count). The number of nitrogens with zero attached hydrogens (tertiary/aromatic N) is 6. The third-order valence-corrected chi connectivity index (χ3v) is 9.67. The highest BCUT2D eigenvalue weighted by Gasteiger charge is 2.82. The lowest BCUT2D eigenvalue weighted by Crippen LogP contribution is -2.62. The van der Waals surface area contributed by atoms with Gasteiger partial charge in [-0.05, 0) is 35.9 Å². The first-order valence-electron chi connectivity index (χ1n) is 15.9. The van der Waals surface area contributed by atoms with Crippen LogP contribution in [0, 0.1) is 11.6 Å². The van der Waals surface area contributed by atoms with Crippen LogP contribution in [0.4, 0.5) is 58.9 Å². The Morgan fingerprint density at radius 3 is 2.12 bits per heavy atom. The van der Waals surface area contributed by atoms with Gasteiger partial charge in [0.1, 0.15) is 17.5 Å². The van der Waals surface area contributed by atoms with Gasteiger partial charge in [0.15, 0.2) is 18.1 Å². The Bertz CT molecular complexity index is 2670. The van der Waals surface area contributed by atoms with Crippen LogP contribution in [0.3, 0.4) is 0 Å². The standard InChI is InChI=1S/C32H23ClF11N7O7S/c1-13(52)51(59(3,56)57)26-22-18(33)5-6-20(23(22)49(2)48-26)50-25(19(45-28(54)55)10-14-8-15(34)11-16(35)9-14)47-24-17(27(50)53)4-7-21(46-24)58-12-29(36,37)30(38,39)31(40,41)32(42,43)44/h4-9,11,19,45H,10,12H2,1-3H3,(H,54,55). The summed E-state index contributed by atoms with van der Waals surface area (Å²) in [5.74, 6) is -26.4. The maximum atomic E-state index is 14.4. The van der Waals surface area contributed by atoms with Gasteiger partial charge in [-0.2, -0.15) is 53.9 Å². The Hall–Kier alpha value is -5.79. The van der Waals surface area contributed by atoms with Crippen LogP contribution in [0.1, 0.15) is 24.4 Å². The van der Waals surface area contributed by atoms with E-state index >= 15 is 0 Å². The maximum absolute atomic E-state index is 14.4. The second kappa shape index (κ2) is 15.1. The quantitative estimate of drug-likeness (QED) is 0.135. The van der Waals surface area contributed by atoms with Crippen molar-refractivity contribution in [1.29, 1.82) is 0 Å². The van der Waals surface area contributed by atoms with Crippen LogP contribution in [-0.2, 0) is 28.3 Å². The summed E-state index contributed by atoms with van der Waals surface area (Å²) in [6.45, 7) is -1.96. The number of benzene rings is 2. The number of sulfonamides is 1. The predicted molar refractivity (Wildman–Crippen MR) is 183 cm³/mol. The molecule has 1 unspecified atom stereocenters. The molecule has 14 nitrogen and oxygen atoms in total. The van der Waals surface area contributed by atoms with Gasteiger partial charge in [-0.15, -0.1) is 0 Å². The summed E-state index contributed by atoms with van der Waals surface area (Å²) < 4.78 is 181. The number of nitrogens with one attached hydrogen (secondary N) is 1. The van der Waals surface area contributed by atoms with Gasteiger partial charge in [-0.25, -0.2) is 27.0 Å². The molecule has 3 heterocycles. The summed E-state index contributed by atoms with van der Waals surface area (Å²) in [5.41, 5.74) is -2.96. The highest BCUT2D eigenvalue weighted by Crippen LogP contribution is 2.53. The second-order valence-electron chi connectivity index (χ2n) is 12.5. The molecule has 0 aliphatic rings.